The van der Waals surface area contributed by atoms with Gasteiger partial charge in [0.2, 0.25) is 0 Å². The van der Waals surface area contributed by atoms with Crippen LogP contribution in [0.25, 0.3) is 0 Å². The summed E-state index contributed by atoms with van der Waals surface area (Å²) < 4.78 is 18.5. The van der Waals surface area contributed by atoms with Gasteiger partial charge in [-0.1, -0.05) is 63.5 Å². The number of ether oxygens (including phenoxy) is 3. The quantitative estimate of drug-likeness (QED) is 0.383. The van der Waals surface area contributed by atoms with Crippen LogP contribution in [-0.2, 0) is 14.2 Å². The Hall–Kier alpha value is -2.96. The molecule has 0 aliphatic carbocycles. The second kappa shape index (κ2) is 10.3. The molecule has 0 spiro atoms. The lowest BCUT2D eigenvalue weighted by Gasteiger charge is -2.19. The van der Waals surface area contributed by atoms with Gasteiger partial charge >= 0.3 is 11.9 Å². The molecule has 3 aromatic carbocycles. The number of halogens is 1. The Bertz CT molecular complexity index is 1120. The summed E-state index contributed by atoms with van der Waals surface area (Å²) in [5.74, 6) is -0.860. The van der Waals surface area contributed by atoms with Crippen molar-refractivity contribution in [2.75, 3.05) is 6.61 Å². The van der Waals surface area contributed by atoms with Crippen molar-refractivity contribution in [3.63, 3.8) is 0 Å². The minimum Gasteiger partial charge on any atom is -0.459 e. The molecule has 0 amide bonds. The first-order chi connectivity index (χ1) is 15.9. The number of carbonyl (C=O) groups is 2. The molecular formula is C27H25BrO5. The van der Waals surface area contributed by atoms with E-state index in [1.165, 1.54) is 0 Å². The Labute approximate surface area is 201 Å². The zero-order valence-electron chi connectivity index (χ0n) is 18.5. The van der Waals surface area contributed by atoms with Crippen LogP contribution in [0.5, 0.6) is 0 Å². The monoisotopic (exact) mass is 508 g/mol. The van der Waals surface area contributed by atoms with E-state index in [-0.39, 0.29) is 12.7 Å². The van der Waals surface area contributed by atoms with Gasteiger partial charge in [-0.15, -0.1) is 0 Å². The molecule has 0 unspecified atom stereocenters. The van der Waals surface area contributed by atoms with Crippen LogP contribution >= 0.6 is 15.9 Å². The van der Waals surface area contributed by atoms with Crippen molar-refractivity contribution in [1.29, 1.82) is 0 Å². The summed E-state index contributed by atoms with van der Waals surface area (Å²) in [6.07, 6.45) is -0.923. The van der Waals surface area contributed by atoms with Crippen LogP contribution in [0.15, 0.2) is 77.3 Å². The summed E-state index contributed by atoms with van der Waals surface area (Å²) in [4.78, 5) is 25.3. The number of carbonyl (C=O) groups excluding carboxylic acids is 2. The van der Waals surface area contributed by atoms with E-state index in [4.69, 9.17) is 14.2 Å². The van der Waals surface area contributed by atoms with E-state index in [1.807, 2.05) is 62.4 Å². The second-order valence-corrected chi connectivity index (χ2v) is 9.14. The van der Waals surface area contributed by atoms with Crippen LogP contribution < -0.4 is 0 Å². The van der Waals surface area contributed by atoms with Crippen molar-refractivity contribution in [1.82, 2.24) is 0 Å². The van der Waals surface area contributed by atoms with Crippen LogP contribution in [0, 0.1) is 13.8 Å². The highest BCUT2D eigenvalue weighted by Crippen LogP contribution is 2.36. The highest BCUT2D eigenvalue weighted by molar-refractivity contribution is 9.10. The predicted molar refractivity (Wildman–Crippen MR) is 128 cm³/mol. The van der Waals surface area contributed by atoms with Gasteiger partial charge in [-0.2, -0.15) is 0 Å². The predicted octanol–water partition coefficient (Wildman–Crippen LogP) is 5.98. The summed E-state index contributed by atoms with van der Waals surface area (Å²) in [5.41, 5.74) is 4.03. The Kier molecular flexibility index (Phi) is 7.26. The number of hydrogen-bond donors (Lipinski definition) is 0. The van der Waals surface area contributed by atoms with Crippen molar-refractivity contribution < 1.29 is 23.8 Å². The maximum absolute atomic E-state index is 12.8. The molecule has 1 heterocycles. The highest BCUT2D eigenvalue weighted by atomic mass is 79.9. The number of rotatable bonds is 6. The minimum absolute atomic E-state index is 0.0109. The van der Waals surface area contributed by atoms with E-state index < -0.39 is 24.1 Å². The van der Waals surface area contributed by atoms with Crippen LogP contribution in [0.2, 0.25) is 0 Å². The Morgan fingerprint density at radius 1 is 0.909 bits per heavy atom. The molecule has 5 nitrogen and oxygen atoms in total. The van der Waals surface area contributed by atoms with Crippen molar-refractivity contribution >= 4 is 27.9 Å². The largest absolute Gasteiger partial charge is 0.459 e. The Morgan fingerprint density at radius 2 is 1.52 bits per heavy atom. The molecule has 0 N–H and O–H groups in total. The average molecular weight is 509 g/mol. The highest BCUT2D eigenvalue weighted by Gasteiger charge is 2.39. The van der Waals surface area contributed by atoms with Gasteiger partial charge in [0.1, 0.15) is 18.8 Å². The first kappa shape index (κ1) is 23.2. The summed E-state index contributed by atoms with van der Waals surface area (Å²) in [6.45, 7) is 3.90. The van der Waals surface area contributed by atoms with Gasteiger partial charge in [0.05, 0.1) is 17.2 Å². The van der Waals surface area contributed by atoms with E-state index in [2.05, 4.69) is 15.9 Å². The molecule has 1 aliphatic heterocycles. The number of aryl methyl sites for hydroxylation is 2. The summed E-state index contributed by atoms with van der Waals surface area (Å²) in [5, 5.41) is 0. The third-order valence-corrected chi connectivity index (χ3v) is 6.13. The lowest BCUT2D eigenvalue weighted by atomic mass is 10.0. The average Bonchev–Trinajstić information content (AvgIpc) is 3.21. The number of hydrogen-bond acceptors (Lipinski definition) is 5. The molecule has 33 heavy (non-hydrogen) atoms. The molecule has 0 bridgehead atoms. The fourth-order valence-corrected chi connectivity index (χ4v) is 4.15. The smallest absolute Gasteiger partial charge is 0.338 e. The SMILES string of the molecule is Cc1ccc(C(=O)OC[C@H]2O[C@@H](c3cccc(Br)c3)C[C@@H]2OC(=O)c2ccc(C)cc2)cc1. The van der Waals surface area contributed by atoms with E-state index in [0.29, 0.717) is 17.5 Å². The molecule has 1 saturated heterocycles. The van der Waals surface area contributed by atoms with Crippen LogP contribution in [-0.4, -0.2) is 30.8 Å². The Morgan fingerprint density at radius 3 is 2.12 bits per heavy atom. The Balaban J connectivity index is 1.48. The first-order valence-electron chi connectivity index (χ1n) is 10.8. The second-order valence-electron chi connectivity index (χ2n) is 8.23. The summed E-state index contributed by atoms with van der Waals surface area (Å²) in [7, 11) is 0. The van der Waals surface area contributed by atoms with E-state index in [1.54, 1.807) is 24.3 Å². The third-order valence-electron chi connectivity index (χ3n) is 5.63. The molecule has 6 heteroatoms. The molecule has 1 aliphatic rings. The van der Waals surface area contributed by atoms with Gasteiger partial charge in [-0.25, -0.2) is 9.59 Å². The first-order valence-corrected chi connectivity index (χ1v) is 11.6. The van der Waals surface area contributed by atoms with Gasteiger partial charge in [0.15, 0.2) is 0 Å². The fourth-order valence-electron chi connectivity index (χ4n) is 3.74. The van der Waals surface area contributed by atoms with E-state index in [0.717, 1.165) is 21.2 Å². The van der Waals surface area contributed by atoms with Crippen molar-refractivity contribution in [3.8, 4) is 0 Å². The van der Waals surface area contributed by atoms with Gasteiger partial charge in [-0.3, -0.25) is 0 Å². The fraction of sp³-hybridized carbons (Fsp3) is 0.259. The van der Waals surface area contributed by atoms with Crippen molar-refractivity contribution in [3.05, 3.63) is 105 Å². The molecule has 1 fully saturated rings. The van der Waals surface area contributed by atoms with Crippen molar-refractivity contribution in [2.24, 2.45) is 0 Å². The van der Waals surface area contributed by atoms with E-state index >= 15 is 0 Å². The molecule has 3 atom stereocenters. The standard InChI is InChI=1S/C27H25BrO5/c1-17-6-10-19(11-7-17)26(29)31-16-25-24(33-27(30)20-12-8-18(2)9-13-20)15-23(32-25)21-4-3-5-22(28)14-21/h3-14,23-25H,15-16H2,1-2H3/t23-,24+,25-/m1/s1. The van der Waals surface area contributed by atoms with Gasteiger partial charge in [0.25, 0.3) is 0 Å². The molecule has 3 aromatic rings. The van der Waals surface area contributed by atoms with Gasteiger partial charge in [-0.05, 0) is 55.8 Å². The lowest BCUT2D eigenvalue weighted by molar-refractivity contribution is -0.0427. The molecular weight excluding hydrogens is 484 g/mol. The van der Waals surface area contributed by atoms with Crippen LogP contribution in [0.4, 0.5) is 0 Å². The van der Waals surface area contributed by atoms with Crippen LogP contribution in [0.1, 0.15) is 49.9 Å². The normalized spacial score (nSPS) is 19.8. The molecule has 4 rings (SSSR count). The number of benzene rings is 3. The lowest BCUT2D eigenvalue weighted by Crippen LogP contribution is -2.32. The maximum Gasteiger partial charge on any atom is 0.338 e. The molecule has 0 saturated carbocycles. The molecule has 0 aromatic heterocycles. The minimum atomic E-state index is -0.572. The van der Waals surface area contributed by atoms with Gasteiger partial charge in [0, 0.05) is 10.9 Å². The maximum atomic E-state index is 12.8. The van der Waals surface area contributed by atoms with E-state index in [9.17, 15) is 9.59 Å². The van der Waals surface area contributed by atoms with Crippen molar-refractivity contribution in [2.45, 2.75) is 38.6 Å². The third kappa shape index (κ3) is 5.89. The number of esters is 2. The zero-order chi connectivity index (χ0) is 23.4. The molecule has 0 radical (unpaired) electrons. The molecule has 170 valence electrons. The topological polar surface area (TPSA) is 61.8 Å². The van der Waals surface area contributed by atoms with Crippen LogP contribution in [0.3, 0.4) is 0 Å². The van der Waals surface area contributed by atoms with Gasteiger partial charge < -0.3 is 14.2 Å². The zero-order valence-corrected chi connectivity index (χ0v) is 20.1. The summed E-state index contributed by atoms with van der Waals surface area (Å²) >= 11 is 3.49. The summed E-state index contributed by atoms with van der Waals surface area (Å²) in [6, 6.07) is 22.2.